The van der Waals surface area contributed by atoms with Gasteiger partial charge < -0.3 is 0 Å². The third kappa shape index (κ3) is 17.6. The van der Waals surface area contributed by atoms with Crippen LogP contribution >= 0.6 is 74.4 Å². The second-order valence-electron chi connectivity index (χ2n) is 8.90. The summed E-state index contributed by atoms with van der Waals surface area (Å²) >= 11 is -1.21. The summed E-state index contributed by atoms with van der Waals surface area (Å²) in [6.45, 7) is 0. The quantitative estimate of drug-likeness (QED) is 0.282. The Balaban J connectivity index is -0.0000000540. The van der Waals surface area contributed by atoms with E-state index in [0.717, 1.165) is 0 Å². The summed E-state index contributed by atoms with van der Waals surface area (Å²) in [4.78, 5) is 0. The van der Waals surface area contributed by atoms with Gasteiger partial charge in [-0.1, -0.05) is 0 Å². The van der Waals surface area contributed by atoms with Crippen molar-refractivity contribution < 1.29 is 42.0 Å². The number of allylic oxidation sites excluding steroid dienone is 8. The van der Waals surface area contributed by atoms with Gasteiger partial charge in [0.2, 0.25) is 0 Å². The maximum absolute atomic E-state index is 2.78. The summed E-state index contributed by atoms with van der Waals surface area (Å²) in [6, 6.07) is 0. The fourth-order valence-corrected chi connectivity index (χ4v) is 7.43. The Hall–Kier alpha value is 2.47. The van der Waals surface area contributed by atoms with Crippen LogP contribution in [0.3, 0.4) is 0 Å². The van der Waals surface area contributed by atoms with Crippen molar-refractivity contribution in [2.24, 2.45) is 0 Å². The molecule has 0 saturated carbocycles. The van der Waals surface area contributed by atoms with Crippen LogP contribution in [0.25, 0.3) is 0 Å². The summed E-state index contributed by atoms with van der Waals surface area (Å²) in [5.74, 6) is 0. The van der Waals surface area contributed by atoms with E-state index in [1.807, 2.05) is 0 Å². The van der Waals surface area contributed by atoms with Gasteiger partial charge in [0.1, 0.15) is 0 Å². The molecule has 0 bridgehead atoms. The maximum atomic E-state index is 2.50. The molecule has 23 heavy (non-hydrogen) atoms. The van der Waals surface area contributed by atoms with Crippen molar-refractivity contribution in [3.63, 3.8) is 0 Å². The molecule has 0 saturated heterocycles. The Morgan fingerprint density at radius 2 is 1.09 bits per heavy atom. The zero-order chi connectivity index (χ0) is 13.2. The van der Waals surface area contributed by atoms with E-state index in [1.165, 1.54) is 12.8 Å². The van der Waals surface area contributed by atoms with Crippen LogP contribution in [0.15, 0.2) is 43.0 Å². The van der Waals surface area contributed by atoms with Gasteiger partial charge in [0.15, 0.2) is 0 Å². The molecule has 0 aliphatic heterocycles. The predicted octanol–water partition coefficient (Wildman–Crippen LogP) is 8.20. The molecule has 0 atom stereocenters. The molecular formula is C15H31Cl6Zr2. The number of rotatable bonds is 1. The van der Waals surface area contributed by atoms with Crippen molar-refractivity contribution in [3.05, 3.63) is 43.0 Å². The summed E-state index contributed by atoms with van der Waals surface area (Å²) in [5, 5.41) is 0. The van der Waals surface area contributed by atoms with E-state index in [2.05, 4.69) is 59.6 Å². The molecule has 0 nitrogen and oxygen atoms in total. The van der Waals surface area contributed by atoms with Crippen molar-refractivity contribution in [3.8, 4) is 0 Å². The van der Waals surface area contributed by atoms with Gasteiger partial charge in [-0.3, -0.25) is 0 Å². The minimum absolute atomic E-state index is 0. The molecule has 0 radical (unpaired) electrons. The van der Waals surface area contributed by atoms with Crippen LogP contribution < -0.4 is 0 Å². The molecule has 0 spiro atoms. The summed E-state index contributed by atoms with van der Waals surface area (Å²) < 4.78 is 15.8. The molecule has 0 unspecified atom stereocenters. The molecule has 2 rings (SSSR count). The molecule has 0 N–H and O–H groups in total. The molecule has 0 aromatic carbocycles. The zero-order valence-electron chi connectivity index (χ0n) is 14.3. The van der Waals surface area contributed by atoms with Crippen LogP contribution in [0.2, 0.25) is 23.2 Å². The zero-order valence-corrected chi connectivity index (χ0v) is 24.1. The summed E-state index contributed by atoms with van der Waals surface area (Å²) in [7, 11) is 0. The van der Waals surface area contributed by atoms with Crippen LogP contribution in [0.1, 0.15) is 12.8 Å². The van der Waals surface area contributed by atoms with Crippen molar-refractivity contribution in [2.45, 2.75) is 36.0 Å². The van der Waals surface area contributed by atoms with Gasteiger partial charge in [-0.2, -0.15) is 0 Å². The van der Waals surface area contributed by atoms with Crippen molar-refractivity contribution in [1.82, 2.24) is 0 Å². The third-order valence-corrected chi connectivity index (χ3v) is 12.9. The van der Waals surface area contributed by atoms with E-state index >= 15 is 0 Å². The Kier molecular flexibility index (Phi) is 23.8. The van der Waals surface area contributed by atoms with Crippen LogP contribution in [0.4, 0.5) is 0 Å². The number of hydrogen-bond donors (Lipinski definition) is 0. The van der Waals surface area contributed by atoms with E-state index in [0.29, 0.717) is 0 Å². The van der Waals surface area contributed by atoms with Crippen molar-refractivity contribution in [1.29, 1.82) is 0 Å². The summed E-state index contributed by atoms with van der Waals surface area (Å²) in [5.41, 5.74) is 0. The molecule has 0 heterocycles. The van der Waals surface area contributed by atoms with Gasteiger partial charge in [0, 0.05) is 0 Å². The Morgan fingerprint density at radius 3 is 1.22 bits per heavy atom. The molecule has 2 aliphatic carbocycles. The SMILES string of the molecule is Cl.Cl.Cl.Cl.Cl.Cl.[CH3][Zr]([CH3])([CH3])([CH3])([CH3])[C]1=CC=CC1.[Zr][C]1=CC=CC1. The fourth-order valence-electron chi connectivity index (χ4n) is 1.82. The monoisotopic (exact) mass is 601 g/mol. The van der Waals surface area contributed by atoms with E-state index < -0.39 is 17.3 Å². The second kappa shape index (κ2) is 13.6. The molecule has 0 fully saturated rings. The summed E-state index contributed by atoms with van der Waals surface area (Å²) in [6.07, 6.45) is 15.7. The van der Waals surface area contributed by atoms with Crippen LogP contribution in [-0.2, 0) is 42.0 Å². The Labute approximate surface area is 193 Å². The normalized spacial score (nSPS) is 16.3. The van der Waals surface area contributed by atoms with Crippen LogP contribution in [0, 0.1) is 0 Å². The average Bonchev–Trinajstić information content (AvgIpc) is 2.69. The first kappa shape index (κ1) is 40.2. The van der Waals surface area contributed by atoms with Gasteiger partial charge in [0.05, 0.1) is 0 Å². The predicted molar refractivity (Wildman–Crippen MR) is 116 cm³/mol. The van der Waals surface area contributed by atoms with Crippen LogP contribution in [0.5, 0.6) is 0 Å². The number of halogens is 6. The van der Waals surface area contributed by atoms with E-state index in [4.69, 9.17) is 0 Å². The van der Waals surface area contributed by atoms with Gasteiger partial charge in [-0.15, -0.1) is 74.4 Å². The van der Waals surface area contributed by atoms with Gasteiger partial charge >= 0.3 is 121 Å². The molecule has 0 amide bonds. The van der Waals surface area contributed by atoms with Gasteiger partial charge in [0.25, 0.3) is 0 Å². The molecule has 8 heteroatoms. The average molecular weight is 607 g/mol. The van der Waals surface area contributed by atoms with Crippen LogP contribution in [-0.4, -0.2) is 0 Å². The first-order valence-corrected chi connectivity index (χ1v) is 21.2. The first-order valence-electron chi connectivity index (χ1n) is 6.43. The fraction of sp³-hybridized carbons (Fsp3) is 0.467. The van der Waals surface area contributed by atoms with E-state index in [9.17, 15) is 0 Å². The second-order valence-corrected chi connectivity index (χ2v) is 42.8. The molecule has 0 aromatic rings. The Morgan fingerprint density at radius 1 is 0.696 bits per heavy atom. The van der Waals surface area contributed by atoms with E-state index in [1.54, 1.807) is 31.3 Å². The Bertz CT molecular complexity index is 430. The molecule has 0 aromatic heterocycles. The molecule has 2 aliphatic rings. The number of hydrogen-bond acceptors (Lipinski definition) is 0. The van der Waals surface area contributed by atoms with Gasteiger partial charge in [-0.05, 0) is 0 Å². The molecule has 141 valence electrons. The minimum atomic E-state index is -2.78. The molecular weight excluding hydrogens is 575 g/mol. The first-order chi connectivity index (χ1) is 7.49. The van der Waals surface area contributed by atoms with Gasteiger partial charge in [-0.25, -0.2) is 0 Å². The topological polar surface area (TPSA) is 0 Å². The third-order valence-electron chi connectivity index (χ3n) is 3.15. The van der Waals surface area contributed by atoms with Crippen molar-refractivity contribution in [2.75, 3.05) is 0 Å². The standard InChI is InChI=1S/2C5H5.5CH3.6ClH.2Zr/c2*1-2-4-5-3-1;;;;;;;;;;;;;/h2*1-3H,4H2;5*1H3;6*1H;;. The van der Waals surface area contributed by atoms with Crippen molar-refractivity contribution >= 4 is 74.4 Å². The van der Waals surface area contributed by atoms with E-state index in [-0.39, 0.29) is 74.4 Å².